The molecular weight excluding hydrogens is 310 g/mol. The molecule has 1 aromatic heterocycles. The zero-order valence-electron chi connectivity index (χ0n) is 11.0. The molecule has 100 valence electrons. The Morgan fingerprint density at radius 3 is 2.68 bits per heavy atom. The first-order valence-corrected chi connectivity index (χ1v) is 6.62. The smallest absolute Gasteiger partial charge is 0.153 e. The highest BCUT2D eigenvalue weighted by atomic mass is 79.9. The lowest BCUT2D eigenvalue weighted by Gasteiger charge is -2.11. The van der Waals surface area contributed by atoms with Gasteiger partial charge in [0.2, 0.25) is 0 Å². The molecule has 0 aliphatic carbocycles. The van der Waals surface area contributed by atoms with Gasteiger partial charge >= 0.3 is 0 Å². The molecule has 1 heterocycles. The first kappa shape index (κ1) is 13.8. The minimum Gasteiger partial charge on any atom is -0.488 e. The Hall–Kier alpha value is -1.62. The summed E-state index contributed by atoms with van der Waals surface area (Å²) in [6.45, 7) is 5.95. The summed E-state index contributed by atoms with van der Waals surface area (Å²) in [6, 6.07) is 3.65. The zero-order valence-corrected chi connectivity index (χ0v) is 12.6. The van der Waals surface area contributed by atoms with Crippen LogP contribution in [0.2, 0.25) is 0 Å². The van der Waals surface area contributed by atoms with Crippen LogP contribution in [-0.2, 0) is 6.61 Å². The first-order chi connectivity index (χ1) is 9.02. The molecule has 0 unspecified atom stereocenters. The Kier molecular flexibility index (Phi) is 4.04. The number of aldehydes is 1. The van der Waals surface area contributed by atoms with E-state index in [0.717, 1.165) is 33.3 Å². The molecule has 0 saturated heterocycles. The van der Waals surface area contributed by atoms with E-state index in [1.54, 1.807) is 6.07 Å². The molecule has 0 aliphatic heterocycles. The Morgan fingerprint density at radius 1 is 1.37 bits per heavy atom. The summed E-state index contributed by atoms with van der Waals surface area (Å²) in [4.78, 5) is 11.1. The minimum atomic E-state index is 0.338. The third kappa shape index (κ3) is 2.87. The summed E-state index contributed by atoms with van der Waals surface area (Å²) in [7, 11) is 0. The summed E-state index contributed by atoms with van der Waals surface area (Å²) in [5, 5.41) is 3.88. The molecule has 0 saturated carbocycles. The van der Waals surface area contributed by atoms with Gasteiger partial charge in [0.15, 0.2) is 6.29 Å². The number of aromatic nitrogens is 1. The quantitative estimate of drug-likeness (QED) is 0.804. The number of aryl methyl sites for hydroxylation is 3. The number of halogens is 1. The van der Waals surface area contributed by atoms with Gasteiger partial charge in [0.05, 0.1) is 16.8 Å². The van der Waals surface area contributed by atoms with Crippen molar-refractivity contribution in [1.29, 1.82) is 0 Å². The molecule has 2 rings (SSSR count). The predicted molar refractivity (Wildman–Crippen MR) is 74.6 cm³/mol. The Balaban J connectivity index is 2.27. The molecule has 5 heteroatoms. The van der Waals surface area contributed by atoms with Crippen LogP contribution in [0.15, 0.2) is 21.1 Å². The van der Waals surface area contributed by atoms with Crippen LogP contribution < -0.4 is 4.74 Å². The third-order valence-corrected chi connectivity index (χ3v) is 3.39. The van der Waals surface area contributed by atoms with E-state index in [2.05, 4.69) is 21.1 Å². The third-order valence-electron chi connectivity index (χ3n) is 2.94. The lowest BCUT2D eigenvalue weighted by molar-refractivity contribution is 0.111. The van der Waals surface area contributed by atoms with Crippen LogP contribution in [0.5, 0.6) is 5.75 Å². The number of hydrogen-bond donors (Lipinski definition) is 0. The number of benzene rings is 1. The molecule has 0 bridgehead atoms. The van der Waals surface area contributed by atoms with Crippen molar-refractivity contribution in [1.82, 2.24) is 5.16 Å². The van der Waals surface area contributed by atoms with Gasteiger partial charge in [-0.2, -0.15) is 0 Å². The van der Waals surface area contributed by atoms with Crippen LogP contribution in [-0.4, -0.2) is 11.4 Å². The molecule has 4 nitrogen and oxygen atoms in total. The van der Waals surface area contributed by atoms with E-state index in [4.69, 9.17) is 9.26 Å². The number of carbonyl (C=O) groups is 1. The lowest BCUT2D eigenvalue weighted by Crippen LogP contribution is -2.02. The number of nitrogens with zero attached hydrogens (tertiary/aromatic N) is 1. The van der Waals surface area contributed by atoms with Gasteiger partial charge < -0.3 is 9.26 Å². The number of rotatable bonds is 4. The van der Waals surface area contributed by atoms with Crippen LogP contribution in [0.4, 0.5) is 0 Å². The van der Waals surface area contributed by atoms with Gasteiger partial charge in [0, 0.05) is 4.47 Å². The average molecular weight is 324 g/mol. The summed E-state index contributed by atoms with van der Waals surface area (Å²) in [5.41, 5.74) is 3.15. The van der Waals surface area contributed by atoms with E-state index in [-0.39, 0.29) is 0 Å². The Labute approximate surface area is 119 Å². The van der Waals surface area contributed by atoms with E-state index in [9.17, 15) is 4.79 Å². The van der Waals surface area contributed by atoms with Crippen molar-refractivity contribution in [3.8, 4) is 5.75 Å². The second-order valence-electron chi connectivity index (χ2n) is 4.35. The maximum Gasteiger partial charge on any atom is 0.153 e. The second-order valence-corrected chi connectivity index (χ2v) is 5.27. The van der Waals surface area contributed by atoms with Crippen LogP contribution in [0, 0.1) is 20.8 Å². The number of carbonyl (C=O) groups excluding carboxylic acids is 1. The molecule has 0 fully saturated rings. The Morgan fingerprint density at radius 2 is 2.11 bits per heavy atom. The molecule has 0 spiro atoms. The van der Waals surface area contributed by atoms with Gasteiger partial charge in [-0.15, -0.1) is 0 Å². The van der Waals surface area contributed by atoms with Crippen LogP contribution in [0.25, 0.3) is 0 Å². The predicted octanol–water partition coefficient (Wildman–Crippen LogP) is 3.75. The van der Waals surface area contributed by atoms with Crippen molar-refractivity contribution in [2.24, 2.45) is 0 Å². The van der Waals surface area contributed by atoms with Crippen molar-refractivity contribution >= 4 is 22.2 Å². The molecule has 0 N–H and O–H groups in total. The number of ether oxygens (including phenoxy) is 1. The van der Waals surface area contributed by atoms with Gasteiger partial charge in [-0.25, -0.2) is 0 Å². The highest BCUT2D eigenvalue weighted by molar-refractivity contribution is 9.10. The topological polar surface area (TPSA) is 52.3 Å². The maximum absolute atomic E-state index is 11.1. The van der Waals surface area contributed by atoms with Crippen molar-refractivity contribution < 1.29 is 14.1 Å². The normalized spacial score (nSPS) is 10.5. The molecule has 0 atom stereocenters. The first-order valence-electron chi connectivity index (χ1n) is 5.82. The van der Waals surface area contributed by atoms with E-state index in [1.165, 1.54) is 0 Å². The van der Waals surface area contributed by atoms with Gasteiger partial charge in [-0.1, -0.05) is 21.1 Å². The SMILES string of the molecule is Cc1cc(Br)cc(C=O)c1OCc1c(C)noc1C. The van der Waals surface area contributed by atoms with Gasteiger partial charge in [-0.3, -0.25) is 4.79 Å². The standard InChI is InChI=1S/C14H14BrNO3/c1-8-4-12(15)5-11(6-17)14(8)18-7-13-9(2)16-19-10(13)3/h4-6H,7H2,1-3H3. The van der Waals surface area contributed by atoms with Gasteiger partial charge in [-0.05, 0) is 38.5 Å². The molecule has 0 aliphatic rings. The van der Waals surface area contributed by atoms with Crippen LogP contribution in [0.1, 0.15) is 32.9 Å². The van der Waals surface area contributed by atoms with E-state index < -0.39 is 0 Å². The molecule has 0 amide bonds. The summed E-state index contributed by atoms with van der Waals surface area (Å²) < 4.78 is 11.7. The average Bonchev–Trinajstić information content (AvgIpc) is 2.67. The summed E-state index contributed by atoms with van der Waals surface area (Å²) >= 11 is 3.36. The van der Waals surface area contributed by atoms with Gasteiger partial charge in [0.25, 0.3) is 0 Å². The van der Waals surface area contributed by atoms with E-state index >= 15 is 0 Å². The molecule has 0 radical (unpaired) electrons. The minimum absolute atomic E-state index is 0.338. The molecular formula is C14H14BrNO3. The van der Waals surface area contributed by atoms with Crippen molar-refractivity contribution in [3.63, 3.8) is 0 Å². The number of hydrogen-bond acceptors (Lipinski definition) is 4. The Bertz CT molecular complexity index is 600. The fourth-order valence-electron chi connectivity index (χ4n) is 1.89. The highest BCUT2D eigenvalue weighted by Crippen LogP contribution is 2.28. The lowest BCUT2D eigenvalue weighted by atomic mass is 10.1. The second kappa shape index (κ2) is 5.57. The monoisotopic (exact) mass is 323 g/mol. The zero-order chi connectivity index (χ0) is 14.0. The highest BCUT2D eigenvalue weighted by Gasteiger charge is 2.13. The van der Waals surface area contributed by atoms with Crippen molar-refractivity contribution in [3.05, 3.63) is 44.7 Å². The summed E-state index contributed by atoms with van der Waals surface area (Å²) in [6.07, 6.45) is 0.792. The van der Waals surface area contributed by atoms with Crippen LogP contribution in [0.3, 0.4) is 0 Å². The molecule has 1 aromatic carbocycles. The summed E-state index contributed by atoms with van der Waals surface area (Å²) in [5.74, 6) is 1.33. The molecule has 19 heavy (non-hydrogen) atoms. The van der Waals surface area contributed by atoms with Crippen molar-refractivity contribution in [2.45, 2.75) is 27.4 Å². The van der Waals surface area contributed by atoms with Crippen molar-refractivity contribution in [2.75, 3.05) is 0 Å². The van der Waals surface area contributed by atoms with Gasteiger partial charge in [0.1, 0.15) is 18.1 Å². The molecule has 2 aromatic rings. The maximum atomic E-state index is 11.1. The largest absolute Gasteiger partial charge is 0.488 e. The fourth-order valence-corrected chi connectivity index (χ4v) is 2.48. The van der Waals surface area contributed by atoms with Crippen LogP contribution >= 0.6 is 15.9 Å². The van der Waals surface area contributed by atoms with E-state index in [0.29, 0.717) is 17.9 Å². The fraction of sp³-hybridized carbons (Fsp3) is 0.286. The van der Waals surface area contributed by atoms with E-state index in [1.807, 2.05) is 26.8 Å².